The molecule has 0 radical (unpaired) electrons. The van der Waals surface area contributed by atoms with E-state index in [-0.39, 0.29) is 21.4 Å². The third-order valence-corrected chi connectivity index (χ3v) is 7.56. The number of sulfone groups is 1. The highest BCUT2D eigenvalue weighted by Crippen LogP contribution is 2.37. The number of benzene rings is 2. The van der Waals surface area contributed by atoms with Gasteiger partial charge in [0, 0.05) is 42.3 Å². The highest BCUT2D eigenvalue weighted by atomic mass is 32.2. The molecule has 5 rings (SSSR count). The molecular weight excluding hydrogens is 517 g/mol. The lowest BCUT2D eigenvalue weighted by atomic mass is 9.96. The van der Waals surface area contributed by atoms with Crippen LogP contribution in [-0.4, -0.2) is 37.3 Å². The molecule has 1 unspecified atom stereocenters. The summed E-state index contributed by atoms with van der Waals surface area (Å²) in [5.41, 5.74) is 8.15. The van der Waals surface area contributed by atoms with Crippen molar-refractivity contribution in [2.45, 2.75) is 50.6 Å². The lowest BCUT2D eigenvalue weighted by Gasteiger charge is -2.24. The monoisotopic (exact) mass is 550 g/mol. The molecule has 9 nitrogen and oxygen atoms in total. The fourth-order valence-electron chi connectivity index (χ4n) is 4.31. The Morgan fingerprint density at radius 1 is 1.28 bits per heavy atom. The number of nitriles is 1. The van der Waals surface area contributed by atoms with Crippen LogP contribution in [0.3, 0.4) is 0 Å². The number of nitrogens with zero attached hydrogens (tertiary/aromatic N) is 3. The topological polar surface area (TPSA) is 122 Å². The molecule has 0 bridgehead atoms. The fraction of sp³-hybridized carbons (Fsp3) is 0.357. The van der Waals surface area contributed by atoms with Gasteiger partial charge in [-0.25, -0.2) is 12.8 Å². The summed E-state index contributed by atoms with van der Waals surface area (Å²) in [7, 11) is -3.76. The van der Waals surface area contributed by atoms with E-state index in [2.05, 4.69) is 32.6 Å². The minimum atomic E-state index is -3.76. The molecule has 1 atom stereocenters. The van der Waals surface area contributed by atoms with Crippen LogP contribution in [-0.2, 0) is 9.84 Å². The van der Waals surface area contributed by atoms with Crippen LogP contribution >= 0.6 is 0 Å². The van der Waals surface area contributed by atoms with Crippen LogP contribution in [0.25, 0.3) is 10.9 Å². The van der Waals surface area contributed by atoms with Crippen molar-refractivity contribution in [3.05, 3.63) is 71.4 Å². The van der Waals surface area contributed by atoms with Crippen molar-refractivity contribution >= 4 is 32.1 Å². The van der Waals surface area contributed by atoms with Gasteiger partial charge in [-0.2, -0.15) is 5.26 Å². The second kappa shape index (κ2) is 10.0. The van der Waals surface area contributed by atoms with Crippen LogP contribution in [0.2, 0.25) is 0 Å². The van der Waals surface area contributed by atoms with E-state index in [1.807, 2.05) is 25.8 Å². The highest BCUT2D eigenvalue weighted by molar-refractivity contribution is 7.91. The predicted octanol–water partition coefficient (Wildman–Crippen LogP) is 4.59. The van der Waals surface area contributed by atoms with Gasteiger partial charge < -0.3 is 16.1 Å². The average Bonchev–Trinajstić information content (AvgIpc) is 3.61. The minimum Gasteiger partial charge on any atom is -0.383 e. The van der Waals surface area contributed by atoms with Crippen molar-refractivity contribution < 1.29 is 14.2 Å². The Morgan fingerprint density at radius 2 is 2.00 bits per heavy atom. The van der Waals surface area contributed by atoms with E-state index in [0.717, 1.165) is 19.1 Å². The Bertz CT molecular complexity index is 1640. The maximum atomic E-state index is 13.8. The molecule has 2 heterocycles. The summed E-state index contributed by atoms with van der Waals surface area (Å²) in [6, 6.07) is 9.52. The first-order chi connectivity index (χ1) is 18.8. The van der Waals surface area contributed by atoms with Crippen molar-refractivity contribution in [1.82, 2.24) is 21.0 Å². The van der Waals surface area contributed by atoms with E-state index in [4.69, 9.17) is 0 Å². The molecule has 11 heteroatoms. The number of hydrogen-bond acceptors (Lipinski definition) is 9. The molecule has 1 fully saturated rings. The molecular formula is C28H32FN7O2S. The van der Waals surface area contributed by atoms with E-state index >= 15 is 0 Å². The minimum absolute atomic E-state index is 0.0386. The first kappa shape index (κ1) is 25.4. The Balaban J connectivity index is 1.68. The van der Waals surface area contributed by atoms with Gasteiger partial charge in [0.1, 0.15) is 11.9 Å². The number of fused-ring (bicyclic) bond motifs is 1. The van der Waals surface area contributed by atoms with Crippen molar-refractivity contribution in [3.63, 3.8) is 0 Å². The van der Waals surface area contributed by atoms with E-state index in [9.17, 15) is 19.4 Å². The first-order valence-corrected chi connectivity index (χ1v) is 14.5. The highest BCUT2D eigenvalue weighted by Gasteiger charge is 2.32. The third-order valence-electron chi connectivity index (χ3n) is 6.45. The van der Waals surface area contributed by atoms with E-state index in [1.54, 1.807) is 12.3 Å². The van der Waals surface area contributed by atoms with Crippen LogP contribution in [0.4, 0.5) is 15.8 Å². The number of rotatable bonds is 8. The standard InChI is InChI=1S/C28H32FN7O2S/c1-28(2,3)16-32-25-18(13-30)14-31-27-22(25)11-20(12-24(27)39(4,37)38)33-26(17-5-7-19(29)8-6-17)23-15-36(35-34-23)21-9-10-21/h5-8,11-12,14-15,21,26,33-35H,9-10,16H2,1-4H3,(H,31,32)/i26D. The molecule has 3 aromatic rings. The predicted molar refractivity (Wildman–Crippen MR) is 149 cm³/mol. The maximum Gasteiger partial charge on any atom is 0.177 e. The number of hydrazine groups is 2. The van der Waals surface area contributed by atoms with Gasteiger partial charge in [-0.05, 0) is 48.1 Å². The van der Waals surface area contributed by atoms with Crippen molar-refractivity contribution in [3.8, 4) is 6.07 Å². The number of hydrogen-bond donors (Lipinski definition) is 4. The second-order valence-electron chi connectivity index (χ2n) is 11.1. The summed E-state index contributed by atoms with van der Waals surface area (Å²) < 4.78 is 49.3. The summed E-state index contributed by atoms with van der Waals surface area (Å²) in [6.07, 6.45) is 6.31. The van der Waals surface area contributed by atoms with E-state index in [0.29, 0.717) is 40.6 Å². The molecule has 0 amide bonds. The summed E-state index contributed by atoms with van der Waals surface area (Å²) in [5, 5.41) is 18.7. The Morgan fingerprint density at radius 3 is 2.62 bits per heavy atom. The number of aromatic nitrogens is 1. The number of anilines is 2. The van der Waals surface area contributed by atoms with Gasteiger partial charge in [0.25, 0.3) is 0 Å². The molecule has 4 N–H and O–H groups in total. The van der Waals surface area contributed by atoms with Gasteiger partial charge in [0.05, 0.1) is 34.7 Å². The summed E-state index contributed by atoms with van der Waals surface area (Å²) in [4.78, 5) is 4.31. The summed E-state index contributed by atoms with van der Waals surface area (Å²) in [6.45, 7) is 6.65. The molecule has 204 valence electrons. The number of halogens is 1. The summed E-state index contributed by atoms with van der Waals surface area (Å²) in [5.74, 6) is -0.438. The largest absolute Gasteiger partial charge is 0.383 e. The molecule has 1 aromatic heterocycles. The lowest BCUT2D eigenvalue weighted by Crippen LogP contribution is -2.38. The van der Waals surface area contributed by atoms with Crippen LogP contribution < -0.4 is 21.6 Å². The average molecular weight is 551 g/mol. The molecule has 2 aliphatic rings. The Labute approximate surface area is 229 Å². The number of nitrogens with one attached hydrogen (secondary N) is 4. The quantitative estimate of drug-likeness (QED) is 0.319. The van der Waals surface area contributed by atoms with Crippen molar-refractivity contribution in [1.29, 1.82) is 5.26 Å². The zero-order valence-electron chi connectivity index (χ0n) is 23.3. The van der Waals surface area contributed by atoms with Crippen LogP contribution in [0.1, 0.15) is 52.1 Å². The maximum absolute atomic E-state index is 13.8. The van der Waals surface area contributed by atoms with Crippen molar-refractivity contribution in [2.24, 2.45) is 5.41 Å². The number of pyridine rings is 1. The third kappa shape index (κ3) is 5.92. The molecule has 2 aromatic carbocycles. The van der Waals surface area contributed by atoms with E-state index < -0.39 is 21.7 Å². The molecule has 1 aliphatic heterocycles. The van der Waals surface area contributed by atoms with Crippen LogP contribution in [0, 0.1) is 22.6 Å². The Kier molecular flexibility index (Phi) is 6.53. The molecule has 39 heavy (non-hydrogen) atoms. The summed E-state index contributed by atoms with van der Waals surface area (Å²) >= 11 is 0. The lowest BCUT2D eigenvalue weighted by molar-refractivity contribution is 0.260. The zero-order chi connectivity index (χ0) is 28.9. The molecule has 0 spiro atoms. The first-order valence-electron chi connectivity index (χ1n) is 13.2. The molecule has 0 saturated heterocycles. The normalized spacial score (nSPS) is 17.6. The molecule has 1 saturated carbocycles. The van der Waals surface area contributed by atoms with Crippen LogP contribution in [0.5, 0.6) is 0 Å². The van der Waals surface area contributed by atoms with Gasteiger partial charge in [0.15, 0.2) is 9.84 Å². The van der Waals surface area contributed by atoms with Gasteiger partial charge in [0.2, 0.25) is 0 Å². The second-order valence-corrected chi connectivity index (χ2v) is 13.1. The van der Waals surface area contributed by atoms with E-state index in [1.165, 1.54) is 36.5 Å². The zero-order valence-corrected chi connectivity index (χ0v) is 23.1. The fourth-order valence-corrected chi connectivity index (χ4v) is 5.17. The van der Waals surface area contributed by atoms with Gasteiger partial charge in [-0.1, -0.05) is 32.9 Å². The Hall–Kier alpha value is -3.88. The van der Waals surface area contributed by atoms with Crippen molar-refractivity contribution in [2.75, 3.05) is 23.4 Å². The van der Waals surface area contributed by atoms with Gasteiger partial charge in [-0.15, -0.1) is 5.53 Å². The van der Waals surface area contributed by atoms with Crippen LogP contribution in [0.15, 0.2) is 59.4 Å². The van der Waals surface area contributed by atoms with Gasteiger partial charge in [-0.3, -0.25) is 9.99 Å². The van der Waals surface area contributed by atoms with Gasteiger partial charge >= 0.3 is 0 Å². The molecule has 1 aliphatic carbocycles. The smallest absolute Gasteiger partial charge is 0.177 e. The SMILES string of the molecule is [2H]C(Nc1cc(S(C)(=O)=O)c2ncc(C#N)c(NCC(C)(C)C)c2c1)(C1=CN(C2CC2)NN1)c1ccc(F)cc1.